The van der Waals surface area contributed by atoms with Gasteiger partial charge in [-0.2, -0.15) is 9.50 Å². The van der Waals surface area contributed by atoms with E-state index in [9.17, 15) is 9.59 Å². The SMILES string of the molecule is Cc1nc2nc(CN3CCN4C(=O)OC[C@H]4C3)cc(=O)n2[nH]1. The lowest BCUT2D eigenvalue weighted by Crippen LogP contribution is -2.51. The molecule has 0 spiro atoms. The fourth-order valence-electron chi connectivity index (χ4n) is 3.04. The van der Waals surface area contributed by atoms with Crippen LogP contribution in [0, 0.1) is 6.92 Å². The Morgan fingerprint density at radius 3 is 3.09 bits per heavy atom. The number of carbonyl (C=O) groups excluding carboxylic acids is 1. The van der Waals surface area contributed by atoms with Crippen molar-refractivity contribution < 1.29 is 9.53 Å². The fraction of sp³-hybridized carbons (Fsp3) is 0.538. The smallest absolute Gasteiger partial charge is 0.410 e. The minimum absolute atomic E-state index is 0.0960. The van der Waals surface area contributed by atoms with Crippen LogP contribution in [0.5, 0.6) is 0 Å². The van der Waals surface area contributed by atoms with Crippen molar-refractivity contribution in [2.75, 3.05) is 26.2 Å². The van der Waals surface area contributed by atoms with Crippen molar-refractivity contribution in [2.24, 2.45) is 0 Å². The average molecular weight is 304 g/mol. The molecule has 2 saturated heterocycles. The summed E-state index contributed by atoms with van der Waals surface area (Å²) < 4.78 is 6.39. The second kappa shape index (κ2) is 4.80. The molecular weight excluding hydrogens is 288 g/mol. The molecule has 2 aliphatic rings. The van der Waals surface area contributed by atoms with Crippen LogP contribution in [0.3, 0.4) is 0 Å². The molecule has 116 valence electrons. The molecule has 0 bridgehead atoms. The van der Waals surface area contributed by atoms with Gasteiger partial charge >= 0.3 is 6.09 Å². The first-order valence-electron chi connectivity index (χ1n) is 7.21. The number of aryl methyl sites for hydroxylation is 1. The van der Waals surface area contributed by atoms with Crippen molar-refractivity contribution in [3.63, 3.8) is 0 Å². The van der Waals surface area contributed by atoms with Gasteiger partial charge in [-0.25, -0.2) is 9.78 Å². The number of cyclic esters (lactones) is 1. The van der Waals surface area contributed by atoms with Crippen molar-refractivity contribution in [1.29, 1.82) is 0 Å². The fourth-order valence-corrected chi connectivity index (χ4v) is 3.04. The monoisotopic (exact) mass is 304 g/mol. The Bertz CT molecular complexity index is 797. The van der Waals surface area contributed by atoms with E-state index in [0.717, 1.165) is 13.1 Å². The van der Waals surface area contributed by atoms with Gasteiger partial charge in [-0.3, -0.25) is 19.7 Å². The first kappa shape index (κ1) is 13.3. The number of aromatic amines is 1. The molecule has 2 aromatic rings. The summed E-state index contributed by atoms with van der Waals surface area (Å²) in [4.78, 5) is 36.1. The van der Waals surface area contributed by atoms with Crippen LogP contribution in [0.1, 0.15) is 11.5 Å². The number of ether oxygens (including phenoxy) is 1. The molecule has 22 heavy (non-hydrogen) atoms. The average Bonchev–Trinajstić information content (AvgIpc) is 3.02. The van der Waals surface area contributed by atoms with Gasteiger partial charge in [-0.1, -0.05) is 0 Å². The van der Waals surface area contributed by atoms with Gasteiger partial charge in [0.25, 0.3) is 11.3 Å². The molecule has 2 fully saturated rings. The molecule has 0 saturated carbocycles. The van der Waals surface area contributed by atoms with Crippen LogP contribution in [-0.4, -0.2) is 67.8 Å². The van der Waals surface area contributed by atoms with Crippen molar-refractivity contribution in [2.45, 2.75) is 19.5 Å². The van der Waals surface area contributed by atoms with Crippen LogP contribution in [0.4, 0.5) is 4.79 Å². The third-order valence-electron chi connectivity index (χ3n) is 4.08. The molecule has 0 aromatic carbocycles. The summed E-state index contributed by atoms with van der Waals surface area (Å²) in [6, 6.07) is 1.62. The Balaban J connectivity index is 1.54. The number of nitrogens with zero attached hydrogens (tertiary/aromatic N) is 5. The van der Waals surface area contributed by atoms with E-state index in [0.29, 0.717) is 37.0 Å². The Morgan fingerprint density at radius 2 is 2.23 bits per heavy atom. The number of hydrogen-bond acceptors (Lipinski definition) is 6. The summed E-state index contributed by atoms with van der Waals surface area (Å²) >= 11 is 0. The zero-order chi connectivity index (χ0) is 15.3. The van der Waals surface area contributed by atoms with Gasteiger partial charge in [0.2, 0.25) is 0 Å². The van der Waals surface area contributed by atoms with E-state index < -0.39 is 0 Å². The molecule has 9 heteroatoms. The van der Waals surface area contributed by atoms with Gasteiger partial charge < -0.3 is 4.74 Å². The number of hydrogen-bond donors (Lipinski definition) is 1. The van der Waals surface area contributed by atoms with Crippen molar-refractivity contribution >= 4 is 11.9 Å². The van der Waals surface area contributed by atoms with Gasteiger partial charge in [0.1, 0.15) is 12.4 Å². The lowest BCUT2D eigenvalue weighted by Gasteiger charge is -2.35. The molecule has 0 aliphatic carbocycles. The maximum atomic E-state index is 12.0. The van der Waals surface area contributed by atoms with Crippen LogP contribution < -0.4 is 5.56 Å². The Labute approximate surface area is 125 Å². The van der Waals surface area contributed by atoms with Crippen LogP contribution in [0.2, 0.25) is 0 Å². The molecule has 2 aliphatic heterocycles. The molecule has 1 amide bonds. The minimum atomic E-state index is -0.227. The Morgan fingerprint density at radius 1 is 1.36 bits per heavy atom. The highest BCUT2D eigenvalue weighted by atomic mass is 16.6. The van der Waals surface area contributed by atoms with E-state index in [1.165, 1.54) is 10.6 Å². The summed E-state index contributed by atoms with van der Waals surface area (Å²) in [5.74, 6) is 1.04. The van der Waals surface area contributed by atoms with Crippen LogP contribution in [-0.2, 0) is 11.3 Å². The van der Waals surface area contributed by atoms with Gasteiger partial charge in [-0.05, 0) is 6.92 Å². The number of aromatic nitrogens is 4. The summed E-state index contributed by atoms with van der Waals surface area (Å²) in [6.07, 6.45) is -0.227. The van der Waals surface area contributed by atoms with E-state index in [4.69, 9.17) is 4.74 Å². The first-order chi connectivity index (χ1) is 10.6. The zero-order valence-corrected chi connectivity index (χ0v) is 12.2. The predicted molar refractivity (Wildman–Crippen MR) is 75.5 cm³/mol. The highest BCUT2D eigenvalue weighted by Gasteiger charge is 2.37. The maximum Gasteiger partial charge on any atom is 0.410 e. The molecule has 0 unspecified atom stereocenters. The van der Waals surface area contributed by atoms with Crippen LogP contribution >= 0.6 is 0 Å². The van der Waals surface area contributed by atoms with E-state index in [-0.39, 0.29) is 17.7 Å². The van der Waals surface area contributed by atoms with Gasteiger partial charge in [0.15, 0.2) is 0 Å². The van der Waals surface area contributed by atoms with Crippen LogP contribution in [0.15, 0.2) is 10.9 Å². The molecule has 0 radical (unpaired) electrons. The number of rotatable bonds is 2. The molecule has 4 heterocycles. The zero-order valence-electron chi connectivity index (χ0n) is 12.2. The normalized spacial score (nSPS) is 22.1. The largest absolute Gasteiger partial charge is 0.447 e. The first-order valence-corrected chi connectivity index (χ1v) is 7.21. The molecular formula is C13H16N6O3. The highest BCUT2D eigenvalue weighted by Crippen LogP contribution is 2.18. The molecule has 9 nitrogen and oxygen atoms in total. The number of amides is 1. The van der Waals surface area contributed by atoms with E-state index >= 15 is 0 Å². The van der Waals surface area contributed by atoms with Crippen molar-refractivity contribution in [3.8, 4) is 0 Å². The number of piperazine rings is 1. The quantitative estimate of drug-likeness (QED) is 0.793. The minimum Gasteiger partial charge on any atom is -0.447 e. The predicted octanol–water partition coefficient (Wildman–Crippen LogP) is -0.638. The lowest BCUT2D eigenvalue weighted by atomic mass is 10.2. The molecule has 2 aromatic heterocycles. The summed E-state index contributed by atoms with van der Waals surface area (Å²) in [5.41, 5.74) is 0.522. The standard InChI is InChI=1S/C13H16N6O3/c1-8-14-12-15-9(4-11(20)19(12)16-8)5-17-2-3-18-10(6-17)7-22-13(18)21/h4,10H,2-3,5-7H2,1H3,(H,14,15,16)/t10-/m1/s1. The van der Waals surface area contributed by atoms with E-state index in [1.807, 2.05) is 0 Å². The van der Waals surface area contributed by atoms with Crippen molar-refractivity contribution in [1.82, 2.24) is 29.4 Å². The summed E-state index contributed by atoms with van der Waals surface area (Å²) in [7, 11) is 0. The third kappa shape index (κ3) is 2.13. The molecule has 4 rings (SSSR count). The number of nitrogens with one attached hydrogen (secondary N) is 1. The van der Waals surface area contributed by atoms with E-state index in [1.54, 1.807) is 11.8 Å². The van der Waals surface area contributed by atoms with Crippen LogP contribution in [0.25, 0.3) is 5.78 Å². The molecule has 1 N–H and O–H groups in total. The van der Waals surface area contributed by atoms with Gasteiger partial charge in [0.05, 0.1) is 11.7 Å². The van der Waals surface area contributed by atoms with Crippen molar-refractivity contribution in [3.05, 3.63) is 27.9 Å². The second-order valence-corrected chi connectivity index (χ2v) is 5.69. The summed E-state index contributed by atoms with van der Waals surface area (Å²) in [5, 5.41) is 2.85. The van der Waals surface area contributed by atoms with Gasteiger partial charge in [-0.15, -0.1) is 0 Å². The summed E-state index contributed by atoms with van der Waals surface area (Å²) in [6.45, 7) is 4.90. The second-order valence-electron chi connectivity index (χ2n) is 5.69. The maximum absolute atomic E-state index is 12.0. The van der Waals surface area contributed by atoms with E-state index in [2.05, 4.69) is 20.0 Å². The lowest BCUT2D eigenvalue weighted by molar-refractivity contribution is 0.114. The number of H-pyrrole nitrogens is 1. The number of carbonyl (C=O) groups is 1. The highest BCUT2D eigenvalue weighted by molar-refractivity contribution is 5.70. The Kier molecular flexibility index (Phi) is 2.89. The Hall–Kier alpha value is -2.42. The topological polar surface area (TPSA) is 95.8 Å². The third-order valence-corrected chi connectivity index (χ3v) is 4.08. The molecule has 1 atom stereocenters. The van der Waals surface area contributed by atoms with Gasteiger partial charge in [0, 0.05) is 32.2 Å². The number of fused-ring (bicyclic) bond motifs is 2.